The molecule has 0 spiro atoms. The van der Waals surface area contributed by atoms with Crippen molar-refractivity contribution in [1.29, 1.82) is 0 Å². The normalized spacial score (nSPS) is 12.5. The van der Waals surface area contributed by atoms with Crippen LogP contribution in [0.5, 0.6) is 5.75 Å². The quantitative estimate of drug-likeness (QED) is 0.684. The van der Waals surface area contributed by atoms with Gasteiger partial charge in [-0.1, -0.05) is 23.4 Å². The van der Waals surface area contributed by atoms with Crippen LogP contribution in [0, 0.1) is 0 Å². The van der Waals surface area contributed by atoms with Gasteiger partial charge < -0.3 is 9.26 Å². The van der Waals surface area contributed by atoms with Crippen LogP contribution < -0.4 is 4.74 Å². The summed E-state index contributed by atoms with van der Waals surface area (Å²) in [6.45, 7) is 2.78. The third-order valence-electron chi connectivity index (χ3n) is 3.80. The molecule has 0 bridgehead atoms. The second-order valence-electron chi connectivity index (χ2n) is 5.35. The van der Waals surface area contributed by atoms with Crippen molar-refractivity contribution in [3.63, 3.8) is 0 Å². The molecule has 1 aromatic carbocycles. The van der Waals surface area contributed by atoms with Gasteiger partial charge in [0.15, 0.2) is 0 Å². The van der Waals surface area contributed by atoms with Crippen molar-refractivity contribution >= 4 is 11.3 Å². The molecule has 0 aliphatic carbocycles. The molecule has 0 saturated carbocycles. The molecule has 0 radical (unpaired) electrons. The van der Waals surface area contributed by atoms with Crippen molar-refractivity contribution in [2.75, 3.05) is 14.2 Å². The van der Waals surface area contributed by atoms with E-state index in [1.54, 1.807) is 18.4 Å². The minimum absolute atomic E-state index is 0.308. The highest BCUT2D eigenvalue weighted by molar-refractivity contribution is 7.10. The Hall–Kier alpha value is -2.18. The summed E-state index contributed by atoms with van der Waals surface area (Å²) < 4.78 is 10.6. The third kappa shape index (κ3) is 3.60. The summed E-state index contributed by atoms with van der Waals surface area (Å²) in [7, 11) is 3.70. The largest absolute Gasteiger partial charge is 0.497 e. The second kappa shape index (κ2) is 6.93. The molecule has 0 unspecified atom stereocenters. The molecule has 0 aliphatic rings. The zero-order valence-corrected chi connectivity index (χ0v) is 14.2. The molecule has 120 valence electrons. The maximum absolute atomic E-state index is 5.39. The lowest BCUT2D eigenvalue weighted by atomic mass is 10.2. The fraction of sp³-hybridized carbons (Fsp3) is 0.294. The van der Waals surface area contributed by atoms with Gasteiger partial charge in [-0.15, -0.1) is 11.3 Å². The zero-order valence-electron chi connectivity index (χ0n) is 13.4. The first-order valence-electron chi connectivity index (χ1n) is 7.38. The molecule has 0 aliphatic heterocycles. The minimum Gasteiger partial charge on any atom is -0.497 e. The summed E-state index contributed by atoms with van der Waals surface area (Å²) in [6, 6.07) is 12.2. The monoisotopic (exact) mass is 329 g/mol. The lowest BCUT2D eigenvalue weighted by Crippen LogP contribution is -2.21. The topological polar surface area (TPSA) is 51.4 Å². The minimum atomic E-state index is 0.308. The smallest absolute Gasteiger partial charge is 0.241 e. The average Bonchev–Trinajstić information content (AvgIpc) is 3.26. The van der Waals surface area contributed by atoms with E-state index >= 15 is 0 Å². The molecular formula is C17H19N3O2S. The van der Waals surface area contributed by atoms with Crippen molar-refractivity contribution in [2.24, 2.45) is 0 Å². The summed E-state index contributed by atoms with van der Waals surface area (Å²) in [5, 5.41) is 6.16. The Morgan fingerprint density at radius 3 is 2.91 bits per heavy atom. The van der Waals surface area contributed by atoms with Gasteiger partial charge in [0, 0.05) is 16.5 Å². The van der Waals surface area contributed by atoms with Gasteiger partial charge in [-0.2, -0.15) is 4.98 Å². The van der Waals surface area contributed by atoms with Crippen molar-refractivity contribution < 1.29 is 9.26 Å². The van der Waals surface area contributed by atoms with E-state index in [0.717, 1.165) is 11.3 Å². The number of rotatable bonds is 6. The standard InChI is InChI=1S/C17H19N3O2S/c1-12(15-8-5-9-23-15)20(2)11-16-18-17(19-22-16)13-6-4-7-14(10-13)21-3/h4-10,12H,11H2,1-3H3/t12-/m1/s1. The van der Waals surface area contributed by atoms with E-state index in [0.29, 0.717) is 24.3 Å². The summed E-state index contributed by atoms with van der Waals surface area (Å²) in [5.74, 6) is 1.96. The predicted octanol–water partition coefficient (Wildman–Crippen LogP) is 4.00. The van der Waals surface area contributed by atoms with Gasteiger partial charge in [0.05, 0.1) is 13.7 Å². The summed E-state index contributed by atoms with van der Waals surface area (Å²) in [6.07, 6.45) is 0. The van der Waals surface area contributed by atoms with Crippen LogP contribution in [0.15, 0.2) is 46.3 Å². The molecular weight excluding hydrogens is 310 g/mol. The predicted molar refractivity (Wildman–Crippen MR) is 90.5 cm³/mol. The molecule has 6 heteroatoms. The Balaban J connectivity index is 1.71. The number of ether oxygens (including phenoxy) is 1. The van der Waals surface area contributed by atoms with E-state index in [9.17, 15) is 0 Å². The summed E-state index contributed by atoms with van der Waals surface area (Å²) in [4.78, 5) is 8.00. The molecule has 2 aromatic heterocycles. The number of thiophene rings is 1. The zero-order chi connectivity index (χ0) is 16.2. The first kappa shape index (κ1) is 15.7. The van der Waals surface area contributed by atoms with Gasteiger partial charge in [-0.25, -0.2) is 0 Å². The lowest BCUT2D eigenvalue weighted by molar-refractivity contribution is 0.219. The van der Waals surface area contributed by atoms with Crippen molar-refractivity contribution in [3.05, 3.63) is 52.5 Å². The maximum atomic E-state index is 5.39. The van der Waals surface area contributed by atoms with Crippen LogP contribution in [0.4, 0.5) is 0 Å². The van der Waals surface area contributed by atoms with E-state index in [2.05, 4.69) is 46.5 Å². The molecule has 0 N–H and O–H groups in total. The van der Waals surface area contributed by atoms with Crippen LogP contribution in [0.25, 0.3) is 11.4 Å². The van der Waals surface area contributed by atoms with Crippen LogP contribution in [-0.2, 0) is 6.54 Å². The fourth-order valence-corrected chi connectivity index (χ4v) is 3.14. The number of aromatic nitrogens is 2. The average molecular weight is 329 g/mol. The van der Waals surface area contributed by atoms with E-state index in [-0.39, 0.29) is 0 Å². The molecule has 23 heavy (non-hydrogen) atoms. The van der Waals surface area contributed by atoms with Crippen LogP contribution in [-0.4, -0.2) is 29.2 Å². The van der Waals surface area contributed by atoms with Gasteiger partial charge in [0.1, 0.15) is 5.75 Å². The molecule has 2 heterocycles. The van der Waals surface area contributed by atoms with Crippen LogP contribution >= 0.6 is 11.3 Å². The van der Waals surface area contributed by atoms with E-state index in [4.69, 9.17) is 9.26 Å². The van der Waals surface area contributed by atoms with Crippen LogP contribution in [0.3, 0.4) is 0 Å². The fourth-order valence-electron chi connectivity index (χ4n) is 2.29. The Morgan fingerprint density at radius 1 is 1.30 bits per heavy atom. The highest BCUT2D eigenvalue weighted by Gasteiger charge is 2.16. The van der Waals surface area contributed by atoms with Gasteiger partial charge in [0.25, 0.3) is 0 Å². The number of hydrogen-bond donors (Lipinski definition) is 0. The Bertz CT molecular complexity index is 755. The highest BCUT2D eigenvalue weighted by atomic mass is 32.1. The number of hydrogen-bond acceptors (Lipinski definition) is 6. The van der Waals surface area contributed by atoms with Crippen molar-refractivity contribution in [3.8, 4) is 17.1 Å². The molecule has 1 atom stereocenters. The lowest BCUT2D eigenvalue weighted by Gasteiger charge is -2.21. The Morgan fingerprint density at radius 2 is 2.17 bits per heavy atom. The maximum Gasteiger partial charge on any atom is 0.241 e. The van der Waals surface area contributed by atoms with E-state index < -0.39 is 0 Å². The molecule has 3 rings (SSSR count). The van der Waals surface area contributed by atoms with Gasteiger partial charge >= 0.3 is 0 Å². The molecule has 0 saturated heterocycles. The van der Waals surface area contributed by atoms with Gasteiger partial charge in [0.2, 0.25) is 11.7 Å². The van der Waals surface area contributed by atoms with Gasteiger partial charge in [-0.3, -0.25) is 4.90 Å². The first-order valence-corrected chi connectivity index (χ1v) is 8.26. The SMILES string of the molecule is COc1cccc(-c2noc(CN(C)[C@H](C)c3cccs3)n2)c1. The Labute approximate surface area is 139 Å². The van der Waals surface area contributed by atoms with Crippen LogP contribution in [0.2, 0.25) is 0 Å². The number of methoxy groups -OCH3 is 1. The molecule has 0 amide bonds. The molecule has 0 fully saturated rings. The molecule has 3 aromatic rings. The highest BCUT2D eigenvalue weighted by Crippen LogP contribution is 2.25. The summed E-state index contributed by atoms with van der Waals surface area (Å²) >= 11 is 1.75. The van der Waals surface area contributed by atoms with Crippen LogP contribution in [0.1, 0.15) is 23.7 Å². The van der Waals surface area contributed by atoms with E-state index in [1.807, 2.05) is 24.3 Å². The van der Waals surface area contributed by atoms with Crippen molar-refractivity contribution in [2.45, 2.75) is 19.5 Å². The van der Waals surface area contributed by atoms with Gasteiger partial charge in [-0.05, 0) is 37.6 Å². The van der Waals surface area contributed by atoms with Crippen molar-refractivity contribution in [1.82, 2.24) is 15.0 Å². The number of nitrogens with zero attached hydrogens (tertiary/aromatic N) is 3. The first-order chi connectivity index (χ1) is 11.2. The Kier molecular flexibility index (Phi) is 4.73. The summed E-state index contributed by atoms with van der Waals surface area (Å²) in [5.41, 5.74) is 0.883. The van der Waals surface area contributed by atoms with E-state index in [1.165, 1.54) is 4.88 Å². The second-order valence-corrected chi connectivity index (χ2v) is 6.33. The molecule has 5 nitrogen and oxygen atoms in total. The number of benzene rings is 1. The third-order valence-corrected chi connectivity index (χ3v) is 4.84.